The Bertz CT molecular complexity index is 225. The van der Waals surface area contributed by atoms with E-state index >= 15 is 0 Å². The monoisotopic (exact) mass is 238 g/mol. The van der Waals surface area contributed by atoms with E-state index in [0.717, 1.165) is 6.54 Å². The molecule has 0 saturated heterocycles. The van der Waals surface area contributed by atoms with Crippen LogP contribution in [0.3, 0.4) is 0 Å². The molecular weight excluding hydrogens is 208 g/mol. The van der Waals surface area contributed by atoms with Crippen LogP contribution in [0.25, 0.3) is 0 Å². The highest BCUT2D eigenvalue weighted by Gasteiger charge is 2.33. The van der Waals surface area contributed by atoms with Crippen molar-refractivity contribution in [3.05, 3.63) is 0 Å². The molecule has 100 valence electrons. The maximum absolute atomic E-state index is 6.47. The minimum atomic E-state index is 0.103. The zero-order valence-corrected chi connectivity index (χ0v) is 11.6. The molecule has 0 aromatic carbocycles. The SMILES string of the molecule is CCC1(CNCC2(N)CCCCC2)CCCC1. The Morgan fingerprint density at radius 2 is 1.47 bits per heavy atom. The first-order chi connectivity index (χ1) is 8.18. The van der Waals surface area contributed by atoms with Gasteiger partial charge in [0.05, 0.1) is 0 Å². The molecular formula is C15H30N2. The van der Waals surface area contributed by atoms with E-state index < -0.39 is 0 Å². The van der Waals surface area contributed by atoms with Crippen molar-refractivity contribution in [1.82, 2.24) is 5.32 Å². The largest absolute Gasteiger partial charge is 0.324 e. The summed E-state index contributed by atoms with van der Waals surface area (Å²) in [5.41, 5.74) is 7.17. The number of nitrogens with one attached hydrogen (secondary N) is 1. The fraction of sp³-hybridized carbons (Fsp3) is 1.00. The fourth-order valence-corrected chi connectivity index (χ4v) is 3.79. The van der Waals surface area contributed by atoms with E-state index in [1.165, 1.54) is 70.8 Å². The molecule has 0 aliphatic heterocycles. The predicted octanol–water partition coefficient (Wildman–Crippen LogP) is 3.21. The first-order valence-electron chi connectivity index (χ1n) is 7.68. The Balaban J connectivity index is 1.74. The maximum atomic E-state index is 6.47. The van der Waals surface area contributed by atoms with Gasteiger partial charge in [0.15, 0.2) is 0 Å². The average Bonchev–Trinajstić information content (AvgIpc) is 2.79. The van der Waals surface area contributed by atoms with Gasteiger partial charge < -0.3 is 11.1 Å². The lowest BCUT2D eigenvalue weighted by molar-refractivity contribution is 0.234. The Kier molecular flexibility index (Phi) is 4.48. The molecule has 2 rings (SSSR count). The molecule has 0 bridgehead atoms. The summed E-state index contributed by atoms with van der Waals surface area (Å²) >= 11 is 0. The first-order valence-corrected chi connectivity index (χ1v) is 7.68. The van der Waals surface area contributed by atoms with Crippen LogP contribution in [-0.4, -0.2) is 18.6 Å². The Morgan fingerprint density at radius 1 is 0.882 bits per heavy atom. The summed E-state index contributed by atoms with van der Waals surface area (Å²) in [5.74, 6) is 0. The van der Waals surface area contributed by atoms with E-state index in [-0.39, 0.29) is 5.54 Å². The lowest BCUT2D eigenvalue weighted by atomic mass is 9.81. The fourth-order valence-electron chi connectivity index (χ4n) is 3.79. The maximum Gasteiger partial charge on any atom is 0.0280 e. The number of hydrogen-bond donors (Lipinski definition) is 2. The standard InChI is InChI=1S/C15H30N2/c1-2-14(8-6-7-9-14)12-17-13-15(16)10-4-3-5-11-15/h17H,2-13,16H2,1H3. The van der Waals surface area contributed by atoms with Gasteiger partial charge in [-0.25, -0.2) is 0 Å². The molecule has 0 spiro atoms. The van der Waals surface area contributed by atoms with Gasteiger partial charge in [0.25, 0.3) is 0 Å². The molecule has 2 aliphatic rings. The second kappa shape index (κ2) is 5.71. The van der Waals surface area contributed by atoms with Crippen LogP contribution in [-0.2, 0) is 0 Å². The second-order valence-electron chi connectivity index (χ2n) is 6.59. The third-order valence-electron chi connectivity index (χ3n) is 5.24. The van der Waals surface area contributed by atoms with Gasteiger partial charge in [-0.2, -0.15) is 0 Å². The van der Waals surface area contributed by atoms with E-state index in [1.807, 2.05) is 0 Å². The van der Waals surface area contributed by atoms with Crippen LogP contribution in [0.5, 0.6) is 0 Å². The molecule has 0 atom stereocenters. The molecule has 2 aliphatic carbocycles. The highest BCUT2D eigenvalue weighted by atomic mass is 14.9. The van der Waals surface area contributed by atoms with E-state index in [9.17, 15) is 0 Å². The third-order valence-corrected chi connectivity index (χ3v) is 5.24. The molecule has 0 unspecified atom stereocenters. The zero-order valence-electron chi connectivity index (χ0n) is 11.6. The Morgan fingerprint density at radius 3 is 2.06 bits per heavy atom. The zero-order chi connectivity index (χ0) is 12.2. The van der Waals surface area contributed by atoms with Crippen LogP contribution in [0.2, 0.25) is 0 Å². The van der Waals surface area contributed by atoms with Crippen molar-refractivity contribution in [3.63, 3.8) is 0 Å². The topological polar surface area (TPSA) is 38.0 Å². The van der Waals surface area contributed by atoms with Crippen molar-refractivity contribution in [2.75, 3.05) is 13.1 Å². The molecule has 2 fully saturated rings. The summed E-state index contributed by atoms with van der Waals surface area (Å²) < 4.78 is 0. The van der Waals surface area contributed by atoms with Crippen LogP contribution in [0, 0.1) is 5.41 Å². The molecule has 0 amide bonds. The summed E-state index contributed by atoms with van der Waals surface area (Å²) in [6.45, 7) is 4.59. The van der Waals surface area contributed by atoms with Gasteiger partial charge in [-0.3, -0.25) is 0 Å². The quantitative estimate of drug-likeness (QED) is 0.772. The first kappa shape index (κ1) is 13.4. The normalized spacial score (nSPS) is 27.2. The molecule has 0 aromatic rings. The molecule has 2 heteroatoms. The lowest BCUT2D eigenvalue weighted by Gasteiger charge is -2.36. The third kappa shape index (κ3) is 3.45. The number of rotatable bonds is 5. The van der Waals surface area contributed by atoms with Gasteiger partial charge in [-0.15, -0.1) is 0 Å². The molecule has 3 N–H and O–H groups in total. The highest BCUT2D eigenvalue weighted by molar-refractivity contribution is 4.91. The van der Waals surface area contributed by atoms with Crippen molar-refractivity contribution in [2.24, 2.45) is 11.1 Å². The Hall–Kier alpha value is -0.0800. The summed E-state index contributed by atoms with van der Waals surface area (Å²) in [5, 5.41) is 3.70. The molecule has 2 nitrogen and oxygen atoms in total. The van der Waals surface area contributed by atoms with Crippen molar-refractivity contribution in [3.8, 4) is 0 Å². The van der Waals surface area contributed by atoms with Crippen LogP contribution < -0.4 is 11.1 Å². The van der Waals surface area contributed by atoms with Gasteiger partial charge in [-0.05, 0) is 37.5 Å². The van der Waals surface area contributed by atoms with Gasteiger partial charge in [0.2, 0.25) is 0 Å². The van der Waals surface area contributed by atoms with Crippen molar-refractivity contribution in [2.45, 2.75) is 76.7 Å². The van der Waals surface area contributed by atoms with Crippen molar-refractivity contribution in [1.29, 1.82) is 0 Å². The van der Waals surface area contributed by atoms with Crippen molar-refractivity contribution >= 4 is 0 Å². The molecule has 0 heterocycles. The second-order valence-corrected chi connectivity index (χ2v) is 6.59. The van der Waals surface area contributed by atoms with Gasteiger partial charge in [0, 0.05) is 18.6 Å². The highest BCUT2D eigenvalue weighted by Crippen LogP contribution is 2.40. The minimum absolute atomic E-state index is 0.103. The van der Waals surface area contributed by atoms with Crippen LogP contribution in [0.4, 0.5) is 0 Å². The number of nitrogens with two attached hydrogens (primary N) is 1. The van der Waals surface area contributed by atoms with E-state index in [2.05, 4.69) is 12.2 Å². The minimum Gasteiger partial charge on any atom is -0.324 e. The van der Waals surface area contributed by atoms with Gasteiger partial charge in [-0.1, -0.05) is 39.0 Å². The van der Waals surface area contributed by atoms with E-state index in [0.29, 0.717) is 5.41 Å². The smallest absolute Gasteiger partial charge is 0.0280 e. The van der Waals surface area contributed by atoms with Gasteiger partial charge in [0.1, 0.15) is 0 Å². The summed E-state index contributed by atoms with van der Waals surface area (Å²) in [4.78, 5) is 0. The Labute approximate surface area is 107 Å². The van der Waals surface area contributed by atoms with Crippen LogP contribution >= 0.6 is 0 Å². The van der Waals surface area contributed by atoms with Crippen molar-refractivity contribution < 1.29 is 0 Å². The molecule has 2 saturated carbocycles. The number of hydrogen-bond acceptors (Lipinski definition) is 2. The summed E-state index contributed by atoms with van der Waals surface area (Å²) in [6, 6.07) is 0. The van der Waals surface area contributed by atoms with Crippen LogP contribution in [0.1, 0.15) is 71.1 Å². The summed E-state index contributed by atoms with van der Waals surface area (Å²) in [6.07, 6.45) is 13.5. The molecule has 0 aromatic heterocycles. The summed E-state index contributed by atoms with van der Waals surface area (Å²) in [7, 11) is 0. The predicted molar refractivity (Wildman–Crippen MR) is 74.1 cm³/mol. The van der Waals surface area contributed by atoms with Gasteiger partial charge >= 0.3 is 0 Å². The molecule has 17 heavy (non-hydrogen) atoms. The lowest BCUT2D eigenvalue weighted by Crippen LogP contribution is -2.51. The van der Waals surface area contributed by atoms with E-state index in [1.54, 1.807) is 0 Å². The molecule has 0 radical (unpaired) electrons. The van der Waals surface area contributed by atoms with E-state index in [4.69, 9.17) is 5.73 Å². The van der Waals surface area contributed by atoms with Crippen LogP contribution in [0.15, 0.2) is 0 Å². The average molecular weight is 238 g/mol.